The van der Waals surface area contributed by atoms with E-state index >= 15 is 0 Å². The van der Waals surface area contributed by atoms with Gasteiger partial charge in [-0.1, -0.05) is 12.5 Å². The summed E-state index contributed by atoms with van der Waals surface area (Å²) in [6.07, 6.45) is 4.92. The number of carbonyl (C=O) groups excluding carboxylic acids is 1. The molecule has 0 heterocycles. The van der Waals surface area contributed by atoms with Crippen molar-refractivity contribution in [1.29, 1.82) is 0 Å². The highest BCUT2D eigenvalue weighted by Crippen LogP contribution is 2.47. The zero-order valence-corrected chi connectivity index (χ0v) is 12.8. The van der Waals surface area contributed by atoms with Crippen molar-refractivity contribution < 1.29 is 14.3 Å². The summed E-state index contributed by atoms with van der Waals surface area (Å²) in [5, 5.41) is 3.03. The van der Waals surface area contributed by atoms with E-state index in [4.69, 9.17) is 9.47 Å². The minimum absolute atomic E-state index is 0.179. The van der Waals surface area contributed by atoms with E-state index in [0.717, 1.165) is 24.8 Å². The number of esters is 1. The fourth-order valence-electron chi connectivity index (χ4n) is 2.91. The second kappa shape index (κ2) is 6.07. The molecule has 2 saturated carbocycles. The van der Waals surface area contributed by atoms with E-state index in [1.54, 1.807) is 18.2 Å². The Balaban J connectivity index is 1.86. The number of ether oxygens (including phenoxy) is 2. The maximum absolute atomic E-state index is 12.3. The van der Waals surface area contributed by atoms with Crippen LogP contribution in [0.1, 0.15) is 44.6 Å². The molecule has 0 bridgehead atoms. The minimum atomic E-state index is -0.574. The summed E-state index contributed by atoms with van der Waals surface area (Å²) < 4.78 is 11.0. The van der Waals surface area contributed by atoms with Crippen molar-refractivity contribution in [2.45, 2.75) is 44.4 Å². The zero-order valence-electron chi connectivity index (χ0n) is 12.8. The topological polar surface area (TPSA) is 65.0 Å². The molecular formula is C17H21NO4. The molecule has 2 aliphatic carbocycles. The minimum Gasteiger partial charge on any atom is -0.491 e. The maximum atomic E-state index is 12.3. The molecule has 22 heavy (non-hydrogen) atoms. The third kappa shape index (κ3) is 2.72. The molecule has 0 aliphatic heterocycles. The van der Waals surface area contributed by atoms with E-state index in [0.29, 0.717) is 30.6 Å². The van der Waals surface area contributed by atoms with Crippen molar-refractivity contribution in [2.75, 3.05) is 13.2 Å². The SMILES string of the molecule is CCOC(=O)C1(c2ccc(N=O)c(OCC3CC3)c2)CCC1. The van der Waals surface area contributed by atoms with Crippen LogP contribution in [-0.2, 0) is 14.9 Å². The van der Waals surface area contributed by atoms with E-state index in [-0.39, 0.29) is 5.97 Å². The Hall–Kier alpha value is -1.91. The van der Waals surface area contributed by atoms with Crippen molar-refractivity contribution in [3.05, 3.63) is 28.7 Å². The van der Waals surface area contributed by atoms with Crippen molar-refractivity contribution in [3.8, 4) is 5.75 Å². The molecule has 5 heteroatoms. The fourth-order valence-corrected chi connectivity index (χ4v) is 2.91. The van der Waals surface area contributed by atoms with Gasteiger partial charge in [0.15, 0.2) is 0 Å². The van der Waals surface area contributed by atoms with Gasteiger partial charge in [0.05, 0.1) is 18.6 Å². The number of nitroso groups, excluding NO2 is 1. The highest BCUT2D eigenvalue weighted by Gasteiger charge is 2.47. The Morgan fingerprint density at radius 2 is 2.14 bits per heavy atom. The maximum Gasteiger partial charge on any atom is 0.316 e. The van der Waals surface area contributed by atoms with Crippen LogP contribution in [-0.4, -0.2) is 19.2 Å². The lowest BCUT2D eigenvalue weighted by molar-refractivity contribution is -0.153. The average molecular weight is 303 g/mol. The first-order chi connectivity index (χ1) is 10.7. The van der Waals surface area contributed by atoms with Gasteiger partial charge in [0.1, 0.15) is 11.4 Å². The lowest BCUT2D eigenvalue weighted by Gasteiger charge is -2.39. The van der Waals surface area contributed by atoms with Crippen LogP contribution < -0.4 is 4.74 Å². The van der Waals surface area contributed by atoms with Gasteiger partial charge >= 0.3 is 5.97 Å². The van der Waals surface area contributed by atoms with E-state index in [2.05, 4.69) is 5.18 Å². The van der Waals surface area contributed by atoms with Crippen LogP contribution >= 0.6 is 0 Å². The van der Waals surface area contributed by atoms with Gasteiger partial charge in [-0.3, -0.25) is 4.79 Å². The highest BCUT2D eigenvalue weighted by molar-refractivity contribution is 5.85. The number of nitrogens with zero attached hydrogens (tertiary/aromatic N) is 1. The molecule has 0 amide bonds. The first-order valence-electron chi connectivity index (χ1n) is 7.97. The predicted molar refractivity (Wildman–Crippen MR) is 82.3 cm³/mol. The Kier molecular flexibility index (Phi) is 4.14. The molecule has 5 nitrogen and oxygen atoms in total. The number of benzene rings is 1. The molecule has 0 spiro atoms. The summed E-state index contributed by atoms with van der Waals surface area (Å²) in [4.78, 5) is 23.3. The van der Waals surface area contributed by atoms with Crippen molar-refractivity contribution in [3.63, 3.8) is 0 Å². The molecule has 1 aromatic carbocycles. The number of carbonyl (C=O) groups is 1. The molecule has 3 rings (SSSR count). The molecule has 0 aromatic heterocycles. The molecule has 0 saturated heterocycles. The van der Waals surface area contributed by atoms with Gasteiger partial charge in [-0.05, 0) is 61.4 Å². The standard InChI is InChI=1S/C17H21NO4/c1-2-21-16(19)17(8-3-9-17)13-6-7-14(18-20)15(10-13)22-11-12-4-5-12/h6-7,10,12H,2-5,8-9,11H2,1H3. The van der Waals surface area contributed by atoms with Gasteiger partial charge in [0.2, 0.25) is 0 Å². The van der Waals surface area contributed by atoms with Crippen LogP contribution in [0.25, 0.3) is 0 Å². The summed E-state index contributed by atoms with van der Waals surface area (Å²) in [5.74, 6) is 0.891. The quantitative estimate of drug-likeness (QED) is 0.566. The zero-order chi connectivity index (χ0) is 15.6. The van der Waals surface area contributed by atoms with Crippen LogP contribution in [0.2, 0.25) is 0 Å². The average Bonchev–Trinajstić information content (AvgIpc) is 3.28. The number of rotatable bonds is 7. The second-order valence-corrected chi connectivity index (χ2v) is 6.18. The summed E-state index contributed by atoms with van der Waals surface area (Å²) in [7, 11) is 0. The Labute approximate surface area is 130 Å². The monoisotopic (exact) mass is 303 g/mol. The van der Waals surface area contributed by atoms with Crippen molar-refractivity contribution in [1.82, 2.24) is 0 Å². The molecule has 118 valence electrons. The van der Waals surface area contributed by atoms with Crippen LogP contribution in [0.15, 0.2) is 23.4 Å². The van der Waals surface area contributed by atoms with Gasteiger partial charge in [-0.15, -0.1) is 4.91 Å². The van der Waals surface area contributed by atoms with Crippen molar-refractivity contribution in [2.24, 2.45) is 11.1 Å². The van der Waals surface area contributed by atoms with Gasteiger partial charge in [-0.2, -0.15) is 0 Å². The first kappa shape index (κ1) is 15.0. The van der Waals surface area contributed by atoms with Gasteiger partial charge in [0.25, 0.3) is 0 Å². The molecule has 0 radical (unpaired) electrons. The molecule has 2 aliphatic rings. The molecule has 1 aromatic rings. The fraction of sp³-hybridized carbons (Fsp3) is 0.588. The number of hydrogen-bond acceptors (Lipinski definition) is 5. The van der Waals surface area contributed by atoms with Crippen LogP contribution in [0, 0.1) is 10.8 Å². The van der Waals surface area contributed by atoms with Crippen LogP contribution in [0.3, 0.4) is 0 Å². The Bertz CT molecular complexity index is 576. The molecule has 0 unspecified atom stereocenters. The van der Waals surface area contributed by atoms with Gasteiger partial charge < -0.3 is 9.47 Å². The summed E-state index contributed by atoms with van der Waals surface area (Å²) in [6.45, 7) is 2.80. The third-order valence-corrected chi connectivity index (χ3v) is 4.66. The Morgan fingerprint density at radius 3 is 2.68 bits per heavy atom. The second-order valence-electron chi connectivity index (χ2n) is 6.18. The van der Waals surface area contributed by atoms with E-state index in [9.17, 15) is 9.70 Å². The molecular weight excluding hydrogens is 282 g/mol. The van der Waals surface area contributed by atoms with Crippen molar-refractivity contribution >= 4 is 11.7 Å². The lowest BCUT2D eigenvalue weighted by Crippen LogP contribution is -2.43. The van der Waals surface area contributed by atoms with Gasteiger partial charge in [0, 0.05) is 0 Å². The summed E-state index contributed by atoms with van der Waals surface area (Å²) in [5.41, 5.74) is 0.591. The largest absolute Gasteiger partial charge is 0.491 e. The van der Waals surface area contributed by atoms with E-state index in [1.165, 1.54) is 12.8 Å². The normalized spacial score (nSPS) is 19.1. The Morgan fingerprint density at radius 1 is 1.36 bits per heavy atom. The molecule has 2 fully saturated rings. The third-order valence-electron chi connectivity index (χ3n) is 4.66. The summed E-state index contributed by atoms with van der Waals surface area (Å²) >= 11 is 0. The van der Waals surface area contributed by atoms with Gasteiger partial charge in [-0.25, -0.2) is 0 Å². The van der Waals surface area contributed by atoms with Crippen LogP contribution in [0.4, 0.5) is 5.69 Å². The smallest absolute Gasteiger partial charge is 0.316 e. The van der Waals surface area contributed by atoms with E-state index < -0.39 is 5.41 Å². The summed E-state index contributed by atoms with van der Waals surface area (Å²) in [6, 6.07) is 5.25. The lowest BCUT2D eigenvalue weighted by atomic mass is 9.64. The predicted octanol–water partition coefficient (Wildman–Crippen LogP) is 3.86. The molecule has 0 atom stereocenters. The first-order valence-corrected chi connectivity index (χ1v) is 7.97. The molecule has 0 N–H and O–H groups in total. The highest BCUT2D eigenvalue weighted by atomic mass is 16.5. The van der Waals surface area contributed by atoms with E-state index in [1.807, 2.05) is 6.92 Å². The van der Waals surface area contributed by atoms with Crippen LogP contribution in [0.5, 0.6) is 5.75 Å². The number of hydrogen-bond donors (Lipinski definition) is 0.